The normalized spacial score (nSPS) is 14.9. The molecule has 2 saturated heterocycles. The largest absolute Gasteiger partial charge is 0.301 e. The smallest absolute Gasteiger partial charge is 0.247 e. The minimum atomic E-state index is -0.00715. The molecule has 0 spiro atoms. The molecule has 6 heteroatoms. The van der Waals surface area contributed by atoms with Gasteiger partial charge in [-0.1, -0.05) is 107 Å². The number of pyridine rings is 2. The molecule has 7 rings (SSSR count). The molecule has 5 aromatic rings. The highest BCUT2D eigenvalue weighted by atomic mass is 16.2. The molecule has 2 aliphatic heterocycles. The van der Waals surface area contributed by atoms with E-state index in [4.69, 9.17) is 9.97 Å². The molecule has 0 unspecified atom stereocenters. The van der Waals surface area contributed by atoms with Gasteiger partial charge in [0.1, 0.15) is 13.1 Å². The van der Waals surface area contributed by atoms with Gasteiger partial charge < -0.3 is 9.80 Å². The van der Waals surface area contributed by atoms with Crippen molar-refractivity contribution in [2.75, 3.05) is 22.9 Å². The van der Waals surface area contributed by atoms with Crippen molar-refractivity contribution in [3.05, 3.63) is 107 Å². The van der Waals surface area contributed by atoms with Crippen LogP contribution in [0.15, 0.2) is 85.2 Å². The van der Waals surface area contributed by atoms with Crippen LogP contribution in [0.1, 0.15) is 105 Å². The molecular weight excluding hydrogens is 665 g/mol. The average Bonchev–Trinajstić information content (AvgIpc) is 4.02. The van der Waals surface area contributed by atoms with Gasteiger partial charge in [-0.15, -0.1) is 0 Å². The first kappa shape index (κ1) is 37.2. The molecule has 0 N–H and O–H groups in total. The number of carbonyl (C=O) groups is 2. The van der Waals surface area contributed by atoms with Gasteiger partial charge in [0, 0.05) is 45.8 Å². The standard InChI is InChI=1S/C48H54N4O2/c1-45(2,3)33-17-31(18-34(21-33)46(4,5)6)39-15-13-29(25-49-39)37-23-42(52-28-44(52)54)38(24-41(37)51-27-43(51)53)30-14-16-40(50-26-30)32-19-35(47(7,8)9)22-36(20-32)48(10,11)12/h13-26H,27-28H2,1-12H3. The van der Waals surface area contributed by atoms with Gasteiger partial charge in [-0.2, -0.15) is 0 Å². The predicted molar refractivity (Wildman–Crippen MR) is 223 cm³/mol. The van der Waals surface area contributed by atoms with E-state index in [1.807, 2.05) is 24.5 Å². The summed E-state index contributed by atoms with van der Waals surface area (Å²) in [6.45, 7) is 27.6. The van der Waals surface area contributed by atoms with Gasteiger partial charge in [0.15, 0.2) is 0 Å². The van der Waals surface area contributed by atoms with Crippen molar-refractivity contribution in [1.82, 2.24) is 9.97 Å². The number of nitrogens with zero attached hydrogens (tertiary/aromatic N) is 4. The van der Waals surface area contributed by atoms with Crippen LogP contribution in [0.5, 0.6) is 0 Å². The summed E-state index contributed by atoms with van der Waals surface area (Å²) in [6, 6.07) is 26.0. The average molecular weight is 719 g/mol. The van der Waals surface area contributed by atoms with Crippen molar-refractivity contribution in [3.63, 3.8) is 0 Å². The fourth-order valence-electron chi connectivity index (χ4n) is 6.86. The van der Waals surface area contributed by atoms with Crippen molar-refractivity contribution in [2.45, 2.75) is 105 Å². The fourth-order valence-corrected chi connectivity index (χ4v) is 6.86. The number of amides is 2. The zero-order valence-corrected chi connectivity index (χ0v) is 34.1. The first-order valence-electron chi connectivity index (χ1n) is 19.1. The SMILES string of the molecule is CC(C)(C)c1cc(-c2ccc(-c3cc(N4CC4=O)c(-c4ccc(-c5cc(C(C)(C)C)cc(C(C)(C)C)c5)nc4)cc3N3CC3=O)cn2)cc(C(C)(C)C)c1. The lowest BCUT2D eigenvalue weighted by Crippen LogP contribution is -2.16. The second-order valence-corrected chi connectivity index (χ2v) is 19.3. The Morgan fingerprint density at radius 3 is 0.944 bits per heavy atom. The van der Waals surface area contributed by atoms with Gasteiger partial charge in [0.05, 0.1) is 22.8 Å². The molecular formula is C48H54N4O2. The first-order valence-corrected chi connectivity index (χ1v) is 19.1. The Kier molecular flexibility index (Phi) is 8.79. The number of carbonyl (C=O) groups excluding carboxylic acids is 2. The zero-order chi connectivity index (χ0) is 39.1. The number of anilines is 2. The Hall–Kier alpha value is -5.10. The van der Waals surface area contributed by atoms with Crippen molar-refractivity contribution < 1.29 is 9.59 Å². The third kappa shape index (κ3) is 7.48. The number of hydrogen-bond acceptors (Lipinski definition) is 4. The predicted octanol–water partition coefficient (Wildman–Crippen LogP) is 11.0. The van der Waals surface area contributed by atoms with Crippen LogP contribution in [0.2, 0.25) is 0 Å². The molecule has 0 bridgehead atoms. The number of benzene rings is 3. The van der Waals surface area contributed by atoms with E-state index in [0.29, 0.717) is 13.1 Å². The molecule has 4 heterocycles. The molecule has 278 valence electrons. The Bertz CT molecular complexity index is 2060. The lowest BCUT2D eigenvalue weighted by Gasteiger charge is -2.26. The number of rotatable bonds is 6. The van der Waals surface area contributed by atoms with Crippen LogP contribution in [-0.4, -0.2) is 34.9 Å². The van der Waals surface area contributed by atoms with Crippen LogP contribution in [0.3, 0.4) is 0 Å². The van der Waals surface area contributed by atoms with Gasteiger partial charge in [-0.05, 0) is 92.4 Å². The van der Waals surface area contributed by atoms with E-state index in [1.54, 1.807) is 9.80 Å². The Morgan fingerprint density at radius 2 is 0.722 bits per heavy atom. The van der Waals surface area contributed by atoms with E-state index in [-0.39, 0.29) is 33.5 Å². The highest BCUT2D eigenvalue weighted by Gasteiger charge is 2.38. The van der Waals surface area contributed by atoms with Crippen LogP contribution in [0.4, 0.5) is 11.4 Å². The highest BCUT2D eigenvalue weighted by molar-refractivity contribution is 6.18. The van der Waals surface area contributed by atoms with E-state index in [1.165, 1.54) is 22.3 Å². The molecule has 0 saturated carbocycles. The molecule has 3 aromatic carbocycles. The topological polar surface area (TPSA) is 65.9 Å². The van der Waals surface area contributed by atoms with Crippen LogP contribution in [-0.2, 0) is 31.2 Å². The summed E-state index contributed by atoms with van der Waals surface area (Å²) in [5, 5.41) is 0. The quantitative estimate of drug-likeness (QED) is 0.164. The summed E-state index contributed by atoms with van der Waals surface area (Å²) in [6.07, 6.45) is 3.79. The number of hydrogen-bond donors (Lipinski definition) is 0. The Morgan fingerprint density at radius 1 is 0.426 bits per heavy atom. The molecule has 2 amide bonds. The summed E-state index contributed by atoms with van der Waals surface area (Å²) < 4.78 is 0. The molecule has 2 aromatic heterocycles. The molecule has 2 fully saturated rings. The number of aromatic nitrogens is 2. The minimum absolute atomic E-state index is 0.00715. The zero-order valence-electron chi connectivity index (χ0n) is 34.1. The Labute approximate surface area is 321 Å². The molecule has 54 heavy (non-hydrogen) atoms. The van der Waals surface area contributed by atoms with Crippen molar-refractivity contribution in [2.24, 2.45) is 0 Å². The van der Waals surface area contributed by atoms with Crippen molar-refractivity contribution >= 4 is 23.2 Å². The lowest BCUT2D eigenvalue weighted by molar-refractivity contribution is -0.110. The molecule has 0 atom stereocenters. The second kappa shape index (κ2) is 12.8. The van der Waals surface area contributed by atoms with Gasteiger partial charge in [-0.25, -0.2) is 0 Å². The first-order chi connectivity index (χ1) is 25.1. The van der Waals surface area contributed by atoms with E-state index < -0.39 is 0 Å². The second-order valence-electron chi connectivity index (χ2n) is 19.3. The van der Waals surface area contributed by atoms with Crippen molar-refractivity contribution in [3.8, 4) is 44.8 Å². The lowest BCUT2D eigenvalue weighted by atomic mass is 9.79. The third-order valence-corrected chi connectivity index (χ3v) is 10.7. The van der Waals surface area contributed by atoms with Crippen LogP contribution in [0, 0.1) is 0 Å². The molecule has 0 radical (unpaired) electrons. The van der Waals surface area contributed by atoms with Gasteiger partial charge in [0.2, 0.25) is 11.8 Å². The van der Waals surface area contributed by atoms with Crippen LogP contribution in [0.25, 0.3) is 44.8 Å². The summed E-state index contributed by atoms with van der Waals surface area (Å²) in [4.78, 5) is 38.9. The highest BCUT2D eigenvalue weighted by Crippen LogP contribution is 2.46. The van der Waals surface area contributed by atoms with Gasteiger partial charge in [-0.3, -0.25) is 19.6 Å². The minimum Gasteiger partial charge on any atom is -0.301 e. The van der Waals surface area contributed by atoms with E-state index in [9.17, 15) is 9.59 Å². The molecule has 2 aliphatic rings. The molecule has 6 nitrogen and oxygen atoms in total. The van der Waals surface area contributed by atoms with Gasteiger partial charge in [0.25, 0.3) is 0 Å². The van der Waals surface area contributed by atoms with Crippen LogP contribution >= 0.6 is 0 Å². The Balaban J connectivity index is 1.29. The van der Waals surface area contributed by atoms with Crippen molar-refractivity contribution in [1.29, 1.82) is 0 Å². The summed E-state index contributed by atoms with van der Waals surface area (Å²) in [7, 11) is 0. The van der Waals surface area contributed by atoms with E-state index >= 15 is 0 Å². The maximum Gasteiger partial charge on any atom is 0.247 e. The van der Waals surface area contributed by atoms with Crippen LogP contribution < -0.4 is 9.80 Å². The maximum absolute atomic E-state index is 12.7. The third-order valence-electron chi connectivity index (χ3n) is 10.7. The van der Waals surface area contributed by atoms with E-state index in [0.717, 1.165) is 56.1 Å². The molecule has 0 aliphatic carbocycles. The fraction of sp³-hybridized carbons (Fsp3) is 0.375. The van der Waals surface area contributed by atoms with E-state index in [2.05, 4.69) is 144 Å². The summed E-state index contributed by atoms with van der Waals surface area (Å²) in [5.41, 5.74) is 14.2. The maximum atomic E-state index is 12.7. The van der Waals surface area contributed by atoms with Gasteiger partial charge >= 0.3 is 0 Å². The summed E-state index contributed by atoms with van der Waals surface area (Å²) in [5.74, 6) is 0.135. The monoisotopic (exact) mass is 718 g/mol. The summed E-state index contributed by atoms with van der Waals surface area (Å²) >= 11 is 0.